The second-order valence-corrected chi connectivity index (χ2v) is 4.56. The van der Waals surface area contributed by atoms with Gasteiger partial charge in [-0.25, -0.2) is 0 Å². The van der Waals surface area contributed by atoms with Crippen LogP contribution in [0.15, 0.2) is 36.5 Å². The lowest BCUT2D eigenvalue weighted by molar-refractivity contribution is 0.0913. The molecule has 2 aromatic rings. The number of rotatable bonds is 4. The molecule has 0 amide bonds. The Labute approximate surface area is 111 Å². The third-order valence-corrected chi connectivity index (χ3v) is 2.96. The Bertz CT molecular complexity index is 575. The van der Waals surface area contributed by atoms with Crippen molar-refractivity contribution in [2.75, 3.05) is 6.61 Å². The summed E-state index contributed by atoms with van der Waals surface area (Å²) in [6.45, 7) is 1.93. The SMILES string of the molecule is Cc1cc(Cl)ccc1OCC(=O)c1cccn1C. The van der Waals surface area contributed by atoms with E-state index in [9.17, 15) is 4.79 Å². The van der Waals surface area contributed by atoms with Crippen LogP contribution in [0.2, 0.25) is 5.02 Å². The number of ketones is 1. The number of carbonyl (C=O) groups is 1. The van der Waals surface area contributed by atoms with Crippen LogP contribution in [0.3, 0.4) is 0 Å². The molecule has 0 aliphatic rings. The van der Waals surface area contributed by atoms with Crippen LogP contribution in [0, 0.1) is 6.92 Å². The predicted molar refractivity (Wildman–Crippen MR) is 71.4 cm³/mol. The van der Waals surface area contributed by atoms with Crippen molar-refractivity contribution in [2.45, 2.75) is 6.92 Å². The normalized spacial score (nSPS) is 10.4. The van der Waals surface area contributed by atoms with Gasteiger partial charge in [0.05, 0.1) is 5.69 Å². The summed E-state index contributed by atoms with van der Waals surface area (Å²) in [5.74, 6) is 0.638. The predicted octanol–water partition coefficient (Wildman–Crippen LogP) is 3.25. The van der Waals surface area contributed by atoms with Gasteiger partial charge in [0.1, 0.15) is 5.75 Å². The summed E-state index contributed by atoms with van der Waals surface area (Å²) in [6, 6.07) is 8.94. The van der Waals surface area contributed by atoms with Gasteiger partial charge >= 0.3 is 0 Å². The highest BCUT2D eigenvalue weighted by Gasteiger charge is 2.10. The lowest BCUT2D eigenvalue weighted by atomic mass is 10.2. The van der Waals surface area contributed by atoms with Crippen LogP contribution in [-0.2, 0) is 7.05 Å². The molecule has 94 valence electrons. The van der Waals surface area contributed by atoms with E-state index in [-0.39, 0.29) is 12.4 Å². The van der Waals surface area contributed by atoms with Crippen molar-refractivity contribution in [1.82, 2.24) is 4.57 Å². The van der Waals surface area contributed by atoms with E-state index in [1.165, 1.54) is 0 Å². The fourth-order valence-corrected chi connectivity index (χ4v) is 1.97. The van der Waals surface area contributed by atoms with E-state index in [4.69, 9.17) is 16.3 Å². The lowest BCUT2D eigenvalue weighted by Gasteiger charge is -2.09. The van der Waals surface area contributed by atoms with Crippen LogP contribution in [-0.4, -0.2) is 17.0 Å². The molecule has 18 heavy (non-hydrogen) atoms. The van der Waals surface area contributed by atoms with E-state index in [1.54, 1.807) is 22.8 Å². The van der Waals surface area contributed by atoms with E-state index < -0.39 is 0 Å². The molecule has 1 aromatic heterocycles. The topological polar surface area (TPSA) is 31.2 Å². The first-order chi connectivity index (χ1) is 8.58. The van der Waals surface area contributed by atoms with Crippen LogP contribution < -0.4 is 4.74 Å². The van der Waals surface area contributed by atoms with Crippen LogP contribution in [0.5, 0.6) is 5.75 Å². The maximum atomic E-state index is 11.9. The van der Waals surface area contributed by atoms with Crippen molar-refractivity contribution in [2.24, 2.45) is 7.05 Å². The Morgan fingerprint density at radius 3 is 2.78 bits per heavy atom. The van der Waals surface area contributed by atoms with Gasteiger partial charge in [-0.3, -0.25) is 4.79 Å². The Morgan fingerprint density at radius 1 is 1.39 bits per heavy atom. The minimum atomic E-state index is -0.0446. The van der Waals surface area contributed by atoms with Gasteiger partial charge in [-0.15, -0.1) is 0 Å². The number of hydrogen-bond acceptors (Lipinski definition) is 2. The molecule has 0 aliphatic heterocycles. The van der Waals surface area contributed by atoms with Crippen molar-refractivity contribution in [3.8, 4) is 5.75 Å². The standard InChI is InChI=1S/C14H14ClNO2/c1-10-8-11(15)5-6-14(10)18-9-13(17)12-4-3-7-16(12)2/h3-8H,9H2,1-2H3. The number of nitrogens with zero attached hydrogens (tertiary/aromatic N) is 1. The molecular weight excluding hydrogens is 250 g/mol. The van der Waals surface area contributed by atoms with E-state index in [1.807, 2.05) is 32.3 Å². The van der Waals surface area contributed by atoms with Crippen molar-refractivity contribution in [3.63, 3.8) is 0 Å². The molecule has 2 rings (SSSR count). The highest BCUT2D eigenvalue weighted by atomic mass is 35.5. The van der Waals surface area contributed by atoms with E-state index >= 15 is 0 Å². The van der Waals surface area contributed by atoms with Gasteiger partial charge < -0.3 is 9.30 Å². The fourth-order valence-electron chi connectivity index (χ4n) is 1.74. The molecule has 0 unspecified atom stereocenters. The van der Waals surface area contributed by atoms with E-state index in [2.05, 4.69) is 0 Å². The van der Waals surface area contributed by atoms with Crippen molar-refractivity contribution < 1.29 is 9.53 Å². The molecule has 0 spiro atoms. The highest BCUT2D eigenvalue weighted by molar-refractivity contribution is 6.30. The number of hydrogen-bond donors (Lipinski definition) is 0. The summed E-state index contributed by atoms with van der Waals surface area (Å²) in [4.78, 5) is 11.9. The number of Topliss-reactive ketones (excluding diaryl/α,β-unsaturated/α-hetero) is 1. The number of halogens is 1. The maximum absolute atomic E-state index is 11.9. The maximum Gasteiger partial charge on any atom is 0.216 e. The Kier molecular flexibility index (Phi) is 3.72. The summed E-state index contributed by atoms with van der Waals surface area (Å²) in [7, 11) is 1.83. The van der Waals surface area contributed by atoms with Crippen LogP contribution in [0.4, 0.5) is 0 Å². The van der Waals surface area contributed by atoms with Gasteiger partial charge in [0.2, 0.25) is 5.78 Å². The first-order valence-corrected chi connectivity index (χ1v) is 5.99. The molecular formula is C14H14ClNO2. The summed E-state index contributed by atoms with van der Waals surface area (Å²) in [5.41, 5.74) is 1.56. The summed E-state index contributed by atoms with van der Waals surface area (Å²) >= 11 is 5.86. The second kappa shape index (κ2) is 5.27. The molecule has 0 bridgehead atoms. The number of aromatic nitrogens is 1. The van der Waals surface area contributed by atoms with Crippen LogP contribution >= 0.6 is 11.6 Å². The van der Waals surface area contributed by atoms with Gasteiger partial charge in [-0.1, -0.05) is 11.6 Å². The van der Waals surface area contributed by atoms with Gasteiger partial charge in [-0.05, 0) is 42.8 Å². The van der Waals surface area contributed by atoms with Crippen LogP contribution in [0.25, 0.3) is 0 Å². The molecule has 4 heteroatoms. The zero-order chi connectivity index (χ0) is 13.1. The molecule has 1 aromatic carbocycles. The quantitative estimate of drug-likeness (QED) is 0.793. The average Bonchev–Trinajstić information content (AvgIpc) is 2.74. The first kappa shape index (κ1) is 12.7. The molecule has 0 atom stereocenters. The zero-order valence-corrected chi connectivity index (χ0v) is 11.1. The second-order valence-electron chi connectivity index (χ2n) is 4.13. The van der Waals surface area contributed by atoms with Crippen LogP contribution in [0.1, 0.15) is 16.1 Å². The number of ether oxygens (including phenoxy) is 1. The van der Waals surface area contributed by atoms with E-state index in [0.717, 1.165) is 5.56 Å². The number of benzene rings is 1. The molecule has 1 heterocycles. The third-order valence-electron chi connectivity index (χ3n) is 2.73. The molecule has 0 radical (unpaired) electrons. The molecule has 0 saturated heterocycles. The summed E-state index contributed by atoms with van der Waals surface area (Å²) in [6.07, 6.45) is 1.83. The number of aryl methyl sites for hydroxylation is 2. The molecule has 0 aliphatic carbocycles. The summed E-state index contributed by atoms with van der Waals surface area (Å²) in [5, 5.41) is 0.661. The molecule has 3 nitrogen and oxygen atoms in total. The Hall–Kier alpha value is -1.74. The third kappa shape index (κ3) is 2.74. The molecule has 0 N–H and O–H groups in total. The van der Waals surface area contributed by atoms with Gasteiger partial charge in [0, 0.05) is 18.3 Å². The Balaban J connectivity index is 2.04. The Morgan fingerprint density at radius 2 is 2.17 bits per heavy atom. The van der Waals surface area contributed by atoms with Crippen molar-refractivity contribution in [1.29, 1.82) is 0 Å². The van der Waals surface area contributed by atoms with Gasteiger partial charge in [0.15, 0.2) is 6.61 Å². The summed E-state index contributed by atoms with van der Waals surface area (Å²) < 4.78 is 7.29. The van der Waals surface area contributed by atoms with Gasteiger partial charge in [0.25, 0.3) is 0 Å². The first-order valence-electron chi connectivity index (χ1n) is 5.61. The zero-order valence-electron chi connectivity index (χ0n) is 10.3. The highest BCUT2D eigenvalue weighted by Crippen LogP contribution is 2.21. The average molecular weight is 264 g/mol. The fraction of sp³-hybridized carbons (Fsp3) is 0.214. The molecule has 0 saturated carbocycles. The lowest BCUT2D eigenvalue weighted by Crippen LogP contribution is -2.15. The largest absolute Gasteiger partial charge is 0.485 e. The van der Waals surface area contributed by atoms with Crippen molar-refractivity contribution >= 4 is 17.4 Å². The van der Waals surface area contributed by atoms with Gasteiger partial charge in [-0.2, -0.15) is 0 Å². The van der Waals surface area contributed by atoms with E-state index in [0.29, 0.717) is 16.5 Å². The molecule has 0 fully saturated rings. The minimum absolute atomic E-state index is 0.0281. The minimum Gasteiger partial charge on any atom is -0.485 e. The monoisotopic (exact) mass is 263 g/mol. The van der Waals surface area contributed by atoms with Crippen molar-refractivity contribution in [3.05, 3.63) is 52.8 Å². The smallest absolute Gasteiger partial charge is 0.216 e. The number of carbonyl (C=O) groups excluding carboxylic acids is 1.